The molecule has 11 heteroatoms. The predicted octanol–water partition coefficient (Wildman–Crippen LogP) is 1.50. The Morgan fingerprint density at radius 2 is 2.18 bits per heavy atom. The van der Waals surface area contributed by atoms with Gasteiger partial charge >= 0.3 is 6.18 Å². The van der Waals surface area contributed by atoms with E-state index in [1.54, 1.807) is 0 Å². The van der Waals surface area contributed by atoms with Gasteiger partial charge in [0.2, 0.25) is 12.0 Å². The lowest BCUT2D eigenvalue weighted by atomic mass is 10.0. The van der Waals surface area contributed by atoms with Gasteiger partial charge in [0.25, 0.3) is 5.91 Å². The molecular formula is C17H16F3N5O3. The molecule has 1 amide bonds. The molecule has 5 rings (SSSR count). The first-order chi connectivity index (χ1) is 13.3. The number of hydrogen-bond donors (Lipinski definition) is 1. The van der Waals surface area contributed by atoms with E-state index in [1.807, 2.05) is 0 Å². The minimum Gasteiger partial charge on any atom is -0.619 e. The van der Waals surface area contributed by atoms with Crippen LogP contribution in [-0.2, 0) is 11.2 Å². The molecule has 3 aliphatic rings. The second-order valence-electron chi connectivity index (χ2n) is 7.46. The number of amides is 1. The smallest absolute Gasteiger partial charge is 0.411 e. The summed E-state index contributed by atoms with van der Waals surface area (Å²) < 4.78 is 47.5. The minimum absolute atomic E-state index is 0.0613. The Hall–Kier alpha value is -2.69. The lowest BCUT2D eigenvalue weighted by molar-refractivity contribution is -0.605. The number of rotatable bonds is 3. The van der Waals surface area contributed by atoms with E-state index in [1.165, 1.54) is 23.3 Å². The monoisotopic (exact) mass is 395 g/mol. The molecule has 2 aromatic heterocycles. The van der Waals surface area contributed by atoms with Crippen LogP contribution in [0, 0.1) is 5.21 Å². The first kappa shape index (κ1) is 17.4. The molecule has 0 aromatic carbocycles. The van der Waals surface area contributed by atoms with E-state index in [4.69, 9.17) is 4.74 Å². The molecule has 0 spiro atoms. The standard InChI is InChI=1S/C17H16F3N5O3/c18-17(19,20)16(3-4-16)22-15(26)13-10-7-9-1-2-11(28-9)14(10)25(23-13)12-8-24(27)6-5-21-12/h5-6,8-9,11H,1-4,7H2,(H,22,26). The quantitative estimate of drug-likeness (QED) is 0.628. The molecule has 1 saturated carbocycles. The number of halogens is 3. The highest BCUT2D eigenvalue weighted by Gasteiger charge is 2.64. The van der Waals surface area contributed by atoms with Crippen molar-refractivity contribution in [3.63, 3.8) is 0 Å². The molecule has 8 nitrogen and oxygen atoms in total. The van der Waals surface area contributed by atoms with Crippen molar-refractivity contribution in [1.29, 1.82) is 0 Å². The molecule has 1 aliphatic carbocycles. The van der Waals surface area contributed by atoms with Gasteiger partial charge in [0.15, 0.2) is 11.9 Å². The Kier molecular flexibility index (Phi) is 3.52. The number of carbonyl (C=O) groups excluding carboxylic acids is 1. The van der Waals surface area contributed by atoms with Gasteiger partial charge in [-0.05, 0) is 25.7 Å². The highest BCUT2D eigenvalue weighted by atomic mass is 19.4. The third-order valence-electron chi connectivity index (χ3n) is 5.61. The predicted molar refractivity (Wildman–Crippen MR) is 86.4 cm³/mol. The average molecular weight is 395 g/mol. The first-order valence-corrected chi connectivity index (χ1v) is 8.99. The van der Waals surface area contributed by atoms with Gasteiger partial charge in [-0.25, -0.2) is 9.67 Å². The second-order valence-corrected chi connectivity index (χ2v) is 7.46. The summed E-state index contributed by atoms with van der Waals surface area (Å²) in [7, 11) is 0. The number of fused-ring (bicyclic) bond motifs is 4. The Morgan fingerprint density at radius 3 is 2.86 bits per heavy atom. The van der Waals surface area contributed by atoms with E-state index >= 15 is 0 Å². The van der Waals surface area contributed by atoms with Crippen LogP contribution in [0.3, 0.4) is 0 Å². The van der Waals surface area contributed by atoms with E-state index < -0.39 is 17.6 Å². The number of ether oxygens (including phenoxy) is 1. The van der Waals surface area contributed by atoms with Gasteiger partial charge in [-0.15, -0.1) is 0 Å². The van der Waals surface area contributed by atoms with Crippen LogP contribution in [-0.4, -0.2) is 38.5 Å². The van der Waals surface area contributed by atoms with Crippen molar-refractivity contribution in [3.05, 3.63) is 40.7 Å². The molecule has 1 N–H and O–H groups in total. The van der Waals surface area contributed by atoms with Gasteiger partial charge in [0.05, 0.1) is 18.0 Å². The van der Waals surface area contributed by atoms with Gasteiger partial charge in [-0.2, -0.15) is 23.0 Å². The molecule has 1 saturated heterocycles. The number of nitrogens with zero attached hydrogens (tertiary/aromatic N) is 4. The summed E-state index contributed by atoms with van der Waals surface area (Å²) in [5.74, 6) is -0.684. The number of aromatic nitrogens is 4. The minimum atomic E-state index is -4.51. The van der Waals surface area contributed by atoms with Gasteiger partial charge in [-0.1, -0.05) is 0 Å². The van der Waals surface area contributed by atoms with Crippen LogP contribution >= 0.6 is 0 Å². The topological polar surface area (TPSA) is 96.0 Å². The maximum Gasteiger partial charge on any atom is 0.411 e. The van der Waals surface area contributed by atoms with Crippen LogP contribution in [0.4, 0.5) is 13.2 Å². The van der Waals surface area contributed by atoms with Crippen molar-refractivity contribution in [1.82, 2.24) is 20.1 Å². The van der Waals surface area contributed by atoms with Crippen LogP contribution in [0.15, 0.2) is 18.6 Å². The number of nitrogens with one attached hydrogen (secondary N) is 1. The molecule has 2 atom stereocenters. The maximum atomic E-state index is 13.3. The first-order valence-electron chi connectivity index (χ1n) is 8.99. The molecule has 148 valence electrons. The van der Waals surface area contributed by atoms with Crippen molar-refractivity contribution in [2.45, 2.75) is 56.0 Å². The van der Waals surface area contributed by atoms with Crippen LogP contribution in [0.25, 0.3) is 5.82 Å². The Bertz CT molecular complexity index is 969. The van der Waals surface area contributed by atoms with E-state index in [0.717, 1.165) is 6.42 Å². The number of hydrogen-bond acceptors (Lipinski definition) is 5. The third kappa shape index (κ3) is 2.56. The van der Waals surface area contributed by atoms with Crippen molar-refractivity contribution < 1.29 is 27.4 Å². The molecule has 4 heterocycles. The lowest BCUT2D eigenvalue weighted by Crippen LogP contribution is -2.48. The second kappa shape index (κ2) is 5.66. The summed E-state index contributed by atoms with van der Waals surface area (Å²) >= 11 is 0. The fraction of sp³-hybridized carbons (Fsp3) is 0.529. The highest BCUT2D eigenvalue weighted by Crippen LogP contribution is 2.49. The summed E-state index contributed by atoms with van der Waals surface area (Å²) in [6.45, 7) is 0. The summed E-state index contributed by atoms with van der Waals surface area (Å²) in [4.78, 5) is 16.9. The molecule has 2 aliphatic heterocycles. The van der Waals surface area contributed by atoms with Crippen LogP contribution in [0.2, 0.25) is 0 Å². The molecule has 2 fully saturated rings. The maximum absolute atomic E-state index is 13.3. The third-order valence-corrected chi connectivity index (χ3v) is 5.61. The van der Waals surface area contributed by atoms with Crippen LogP contribution < -0.4 is 10.0 Å². The van der Waals surface area contributed by atoms with Gasteiger partial charge < -0.3 is 15.3 Å². The van der Waals surface area contributed by atoms with Crippen LogP contribution in [0.5, 0.6) is 0 Å². The van der Waals surface area contributed by atoms with Crippen molar-refractivity contribution in [3.8, 4) is 5.82 Å². The average Bonchev–Trinajstić information content (AvgIpc) is 3.18. The van der Waals surface area contributed by atoms with Crippen molar-refractivity contribution >= 4 is 5.91 Å². The van der Waals surface area contributed by atoms with E-state index in [-0.39, 0.29) is 36.6 Å². The van der Waals surface area contributed by atoms with E-state index in [9.17, 15) is 23.2 Å². The normalized spacial score (nSPS) is 24.7. The summed E-state index contributed by atoms with van der Waals surface area (Å²) in [5, 5.41) is 18.0. The zero-order valence-electron chi connectivity index (χ0n) is 14.6. The lowest BCUT2D eigenvalue weighted by Gasteiger charge is -2.23. The van der Waals surface area contributed by atoms with Crippen LogP contribution in [0.1, 0.15) is 53.5 Å². The fourth-order valence-corrected chi connectivity index (χ4v) is 3.99. The molecule has 28 heavy (non-hydrogen) atoms. The summed E-state index contributed by atoms with van der Waals surface area (Å²) in [6, 6.07) is 0. The van der Waals surface area contributed by atoms with Crippen molar-refractivity contribution in [2.75, 3.05) is 0 Å². The zero-order valence-corrected chi connectivity index (χ0v) is 14.6. The fourth-order valence-electron chi connectivity index (χ4n) is 3.99. The molecule has 0 radical (unpaired) electrons. The SMILES string of the molecule is O=C(NC1(C(F)(F)F)CC1)c1nn(-c2c[n+]([O-])ccn2)c2c1CC1CCC2O1. The Morgan fingerprint density at radius 1 is 1.39 bits per heavy atom. The van der Waals surface area contributed by atoms with Crippen molar-refractivity contribution in [2.24, 2.45) is 0 Å². The molecule has 2 bridgehead atoms. The van der Waals surface area contributed by atoms with E-state index in [0.29, 0.717) is 28.8 Å². The largest absolute Gasteiger partial charge is 0.619 e. The molecule has 2 unspecified atom stereocenters. The molecule has 2 aromatic rings. The van der Waals surface area contributed by atoms with Gasteiger partial charge in [0.1, 0.15) is 11.6 Å². The summed E-state index contributed by atoms with van der Waals surface area (Å²) in [6.07, 6.45) is 0.350. The van der Waals surface area contributed by atoms with Gasteiger partial charge in [0, 0.05) is 12.0 Å². The highest BCUT2D eigenvalue weighted by molar-refractivity contribution is 5.95. The van der Waals surface area contributed by atoms with Gasteiger partial charge in [-0.3, -0.25) is 4.79 Å². The Balaban J connectivity index is 1.58. The zero-order chi connectivity index (χ0) is 19.7. The molecular weight excluding hydrogens is 379 g/mol. The summed E-state index contributed by atoms with van der Waals surface area (Å²) in [5.41, 5.74) is -1.09. The number of carbonyl (C=O) groups is 1. The van der Waals surface area contributed by atoms with E-state index in [2.05, 4.69) is 15.4 Å². The number of alkyl halides is 3. The Labute approximate surface area is 156 Å².